The predicted octanol–water partition coefficient (Wildman–Crippen LogP) is 4.10. The molecule has 0 spiro atoms. The lowest BCUT2D eigenvalue weighted by atomic mass is 10.00. The molecule has 0 fully saturated rings. The molecule has 0 saturated heterocycles. The summed E-state index contributed by atoms with van der Waals surface area (Å²) in [5, 5.41) is 3.40. The van der Waals surface area contributed by atoms with Crippen LogP contribution in [0.25, 0.3) is 17.2 Å². The first-order valence-corrected chi connectivity index (χ1v) is 5.94. The molecule has 0 bridgehead atoms. The minimum absolute atomic E-state index is 0.921. The Morgan fingerprint density at radius 2 is 1.71 bits per heavy atom. The summed E-state index contributed by atoms with van der Waals surface area (Å²) in [4.78, 5) is 0. The minimum atomic E-state index is 0.921. The van der Waals surface area contributed by atoms with Gasteiger partial charge in [-0.05, 0) is 29.7 Å². The molecule has 1 aliphatic rings. The van der Waals surface area contributed by atoms with Crippen LogP contribution in [-0.2, 0) is 0 Å². The van der Waals surface area contributed by atoms with E-state index in [0.29, 0.717) is 0 Å². The highest BCUT2D eigenvalue weighted by molar-refractivity contribution is 5.77. The van der Waals surface area contributed by atoms with Crippen molar-refractivity contribution in [2.75, 3.05) is 11.9 Å². The van der Waals surface area contributed by atoms with Crippen LogP contribution < -0.4 is 5.32 Å². The summed E-state index contributed by atoms with van der Waals surface area (Å²) in [6.45, 7) is 3.04. The van der Waals surface area contributed by atoms with Gasteiger partial charge in [0.05, 0.1) is 0 Å². The van der Waals surface area contributed by atoms with Gasteiger partial charge in [0.1, 0.15) is 0 Å². The highest BCUT2D eigenvalue weighted by Gasteiger charge is 2.05. The molecule has 2 aromatic rings. The Kier molecular flexibility index (Phi) is 2.45. The van der Waals surface area contributed by atoms with Gasteiger partial charge in [0.25, 0.3) is 0 Å². The maximum atomic E-state index is 3.40. The van der Waals surface area contributed by atoms with Crippen LogP contribution in [0.5, 0.6) is 0 Å². The second-order valence-electron chi connectivity index (χ2n) is 4.45. The molecule has 0 amide bonds. The normalized spacial score (nSPS) is 13.0. The van der Waals surface area contributed by atoms with Crippen LogP contribution in [0.4, 0.5) is 5.69 Å². The lowest BCUT2D eigenvalue weighted by Crippen LogP contribution is -2.04. The molecule has 0 aromatic heterocycles. The van der Waals surface area contributed by atoms with Crippen molar-refractivity contribution < 1.29 is 0 Å². The molecule has 1 N–H and O–H groups in total. The monoisotopic (exact) mass is 221 g/mol. The highest BCUT2D eigenvalue weighted by atomic mass is 14.9. The fourth-order valence-corrected chi connectivity index (χ4v) is 2.14. The summed E-state index contributed by atoms with van der Waals surface area (Å²) in [6.07, 6.45) is 4.32. The van der Waals surface area contributed by atoms with Crippen molar-refractivity contribution in [3.8, 4) is 11.1 Å². The molecule has 0 aliphatic carbocycles. The van der Waals surface area contributed by atoms with Crippen LogP contribution in [0, 0.1) is 6.92 Å². The third-order valence-electron chi connectivity index (χ3n) is 3.15. The smallest absolute Gasteiger partial charge is 0.0422 e. The topological polar surface area (TPSA) is 12.0 Å². The molecule has 0 saturated carbocycles. The maximum Gasteiger partial charge on any atom is 0.0422 e. The Balaban J connectivity index is 2.04. The average molecular weight is 221 g/mol. The Hall–Kier alpha value is -2.02. The molecule has 2 aromatic carbocycles. The minimum Gasteiger partial charge on any atom is -0.381 e. The molecular weight excluding hydrogens is 206 g/mol. The third kappa shape index (κ3) is 1.96. The van der Waals surface area contributed by atoms with Crippen LogP contribution in [0.1, 0.15) is 11.1 Å². The summed E-state index contributed by atoms with van der Waals surface area (Å²) >= 11 is 0. The van der Waals surface area contributed by atoms with E-state index in [0.717, 1.165) is 6.54 Å². The van der Waals surface area contributed by atoms with E-state index in [2.05, 4.69) is 66.9 Å². The van der Waals surface area contributed by atoms with Gasteiger partial charge in [0.2, 0.25) is 0 Å². The second-order valence-corrected chi connectivity index (χ2v) is 4.45. The van der Waals surface area contributed by atoms with E-state index in [-0.39, 0.29) is 0 Å². The number of benzene rings is 2. The van der Waals surface area contributed by atoms with E-state index in [1.54, 1.807) is 0 Å². The quantitative estimate of drug-likeness (QED) is 0.764. The lowest BCUT2D eigenvalue weighted by molar-refractivity contribution is 1.31. The van der Waals surface area contributed by atoms with Gasteiger partial charge in [-0.1, -0.05) is 54.1 Å². The van der Waals surface area contributed by atoms with E-state index in [1.165, 1.54) is 27.9 Å². The Labute approximate surface area is 102 Å². The number of anilines is 1. The molecular formula is C16H15N. The summed E-state index contributed by atoms with van der Waals surface area (Å²) in [5.41, 5.74) is 6.34. The molecule has 1 nitrogen and oxygen atoms in total. The van der Waals surface area contributed by atoms with Crippen molar-refractivity contribution in [1.29, 1.82) is 0 Å². The summed E-state index contributed by atoms with van der Waals surface area (Å²) in [5.74, 6) is 0. The zero-order valence-corrected chi connectivity index (χ0v) is 9.90. The molecule has 17 heavy (non-hydrogen) atoms. The molecule has 1 heteroatoms. The molecule has 0 unspecified atom stereocenters. The van der Waals surface area contributed by atoms with Crippen LogP contribution in [0.3, 0.4) is 0 Å². The van der Waals surface area contributed by atoms with Gasteiger partial charge in [-0.25, -0.2) is 0 Å². The van der Waals surface area contributed by atoms with Crippen LogP contribution in [0.2, 0.25) is 0 Å². The number of nitrogens with one attached hydrogen (secondary N) is 1. The maximum absolute atomic E-state index is 3.40. The Bertz CT molecular complexity index is 565. The van der Waals surface area contributed by atoms with Crippen LogP contribution in [-0.4, -0.2) is 6.54 Å². The number of rotatable bonds is 1. The fourth-order valence-electron chi connectivity index (χ4n) is 2.14. The van der Waals surface area contributed by atoms with Gasteiger partial charge in [-0.2, -0.15) is 0 Å². The fraction of sp³-hybridized carbons (Fsp3) is 0.125. The van der Waals surface area contributed by atoms with Gasteiger partial charge in [0, 0.05) is 12.2 Å². The van der Waals surface area contributed by atoms with Crippen molar-refractivity contribution in [3.63, 3.8) is 0 Å². The zero-order valence-electron chi connectivity index (χ0n) is 9.90. The first-order valence-electron chi connectivity index (χ1n) is 5.94. The van der Waals surface area contributed by atoms with E-state index in [1.807, 2.05) is 0 Å². The first kappa shape index (κ1) is 10.2. The van der Waals surface area contributed by atoms with Gasteiger partial charge in [-0.15, -0.1) is 0 Å². The number of aryl methyl sites for hydroxylation is 1. The van der Waals surface area contributed by atoms with Crippen LogP contribution in [0.15, 0.2) is 48.5 Å². The lowest BCUT2D eigenvalue weighted by Gasteiger charge is -2.14. The highest BCUT2D eigenvalue weighted by Crippen LogP contribution is 2.28. The molecule has 0 radical (unpaired) electrons. The standard InChI is InChI=1S/C16H15N/c1-12-4-6-13(7-5-12)15-9-8-14-3-2-10-17-16(14)11-15/h2-9,11,17H,10H2,1H3. The summed E-state index contributed by atoms with van der Waals surface area (Å²) in [6, 6.07) is 15.2. The van der Waals surface area contributed by atoms with Gasteiger partial charge < -0.3 is 5.32 Å². The van der Waals surface area contributed by atoms with Crippen molar-refractivity contribution in [3.05, 3.63) is 59.7 Å². The average Bonchev–Trinajstić information content (AvgIpc) is 2.39. The van der Waals surface area contributed by atoms with Crippen molar-refractivity contribution in [1.82, 2.24) is 0 Å². The van der Waals surface area contributed by atoms with Gasteiger partial charge in [0.15, 0.2) is 0 Å². The Morgan fingerprint density at radius 3 is 2.53 bits per heavy atom. The van der Waals surface area contributed by atoms with Crippen molar-refractivity contribution in [2.24, 2.45) is 0 Å². The largest absolute Gasteiger partial charge is 0.381 e. The number of hydrogen-bond acceptors (Lipinski definition) is 1. The Morgan fingerprint density at radius 1 is 0.941 bits per heavy atom. The van der Waals surface area contributed by atoms with Crippen molar-refractivity contribution >= 4 is 11.8 Å². The first-order chi connectivity index (χ1) is 8.33. The molecule has 84 valence electrons. The van der Waals surface area contributed by atoms with E-state index in [4.69, 9.17) is 0 Å². The SMILES string of the molecule is Cc1ccc(-c2ccc3c(c2)NCC=C3)cc1. The van der Waals surface area contributed by atoms with Gasteiger partial charge in [-0.3, -0.25) is 0 Å². The van der Waals surface area contributed by atoms with Gasteiger partial charge >= 0.3 is 0 Å². The second kappa shape index (κ2) is 4.10. The number of hydrogen-bond donors (Lipinski definition) is 1. The molecule has 0 atom stereocenters. The molecule has 1 heterocycles. The molecule has 1 aliphatic heterocycles. The summed E-state index contributed by atoms with van der Waals surface area (Å²) in [7, 11) is 0. The molecule has 3 rings (SSSR count). The predicted molar refractivity (Wildman–Crippen MR) is 74.1 cm³/mol. The third-order valence-corrected chi connectivity index (χ3v) is 3.15. The summed E-state index contributed by atoms with van der Waals surface area (Å²) < 4.78 is 0. The van der Waals surface area contributed by atoms with Crippen molar-refractivity contribution in [2.45, 2.75) is 6.92 Å². The van der Waals surface area contributed by atoms with Crippen LogP contribution >= 0.6 is 0 Å². The van der Waals surface area contributed by atoms with E-state index in [9.17, 15) is 0 Å². The zero-order chi connectivity index (χ0) is 11.7. The van der Waals surface area contributed by atoms with E-state index >= 15 is 0 Å². The van der Waals surface area contributed by atoms with E-state index < -0.39 is 0 Å². The number of fused-ring (bicyclic) bond motifs is 1.